The molecular formula is C27H29F6N5O4. The quantitative estimate of drug-likeness (QED) is 0.513. The van der Waals surface area contributed by atoms with Crippen molar-refractivity contribution in [3.8, 4) is 6.07 Å². The number of carbonyl (C=O) groups excluding carboxylic acids is 3. The minimum Gasteiger partial charge on any atom is -0.444 e. The summed E-state index contributed by atoms with van der Waals surface area (Å²) in [6.45, 7) is 4.78. The van der Waals surface area contributed by atoms with Crippen LogP contribution in [0.2, 0.25) is 0 Å². The molecule has 15 heteroatoms. The summed E-state index contributed by atoms with van der Waals surface area (Å²) >= 11 is 0. The molecule has 3 unspecified atom stereocenters. The van der Waals surface area contributed by atoms with Gasteiger partial charge in [0.05, 0.1) is 29.3 Å². The molecule has 1 aromatic carbocycles. The molecule has 228 valence electrons. The molecule has 6 atom stereocenters. The normalized spacial score (nSPS) is 28.0. The number of alkyl halides is 6. The third kappa shape index (κ3) is 5.73. The van der Waals surface area contributed by atoms with Crippen LogP contribution >= 0.6 is 0 Å². The van der Waals surface area contributed by atoms with Crippen molar-refractivity contribution in [3.63, 3.8) is 0 Å². The van der Waals surface area contributed by atoms with E-state index < -0.39 is 76.8 Å². The number of nitriles is 1. The third-order valence-corrected chi connectivity index (χ3v) is 8.03. The van der Waals surface area contributed by atoms with Crippen LogP contribution < -0.4 is 10.2 Å². The summed E-state index contributed by atoms with van der Waals surface area (Å²) in [5.74, 6) is -1.02. The zero-order valence-electron chi connectivity index (χ0n) is 22.9. The molecule has 5 rings (SSSR count). The molecule has 3 amide bonds. The number of fused-ring (bicyclic) bond motifs is 3. The average molecular weight is 602 g/mol. The van der Waals surface area contributed by atoms with Crippen molar-refractivity contribution in [1.29, 1.82) is 5.26 Å². The Balaban J connectivity index is 1.37. The lowest BCUT2D eigenvalue weighted by molar-refractivity contribution is -0.143. The Morgan fingerprint density at radius 2 is 1.67 bits per heavy atom. The van der Waals surface area contributed by atoms with Crippen LogP contribution in [0.4, 0.5) is 36.8 Å². The summed E-state index contributed by atoms with van der Waals surface area (Å²) in [5, 5.41) is 12.1. The highest BCUT2D eigenvalue weighted by Gasteiger charge is 2.56. The van der Waals surface area contributed by atoms with E-state index in [0.29, 0.717) is 18.6 Å². The van der Waals surface area contributed by atoms with E-state index in [-0.39, 0.29) is 37.5 Å². The van der Waals surface area contributed by atoms with Gasteiger partial charge in [-0.05, 0) is 64.2 Å². The van der Waals surface area contributed by atoms with E-state index >= 15 is 0 Å². The van der Waals surface area contributed by atoms with Gasteiger partial charge in [-0.2, -0.15) is 31.6 Å². The molecule has 4 fully saturated rings. The van der Waals surface area contributed by atoms with Crippen molar-refractivity contribution in [2.45, 2.75) is 88.2 Å². The Labute approximate surface area is 237 Å². The number of likely N-dealkylation sites (tertiary alicyclic amines) is 2. The molecule has 42 heavy (non-hydrogen) atoms. The van der Waals surface area contributed by atoms with Gasteiger partial charge < -0.3 is 19.9 Å². The van der Waals surface area contributed by atoms with Crippen LogP contribution in [0.5, 0.6) is 0 Å². The molecule has 4 aliphatic rings. The lowest BCUT2D eigenvalue weighted by Gasteiger charge is -2.37. The smallest absolute Gasteiger partial charge is 0.416 e. The van der Waals surface area contributed by atoms with Crippen molar-refractivity contribution >= 4 is 23.6 Å². The number of anilines is 1. The second kappa shape index (κ2) is 10.0. The molecule has 0 spiro atoms. The highest BCUT2D eigenvalue weighted by molar-refractivity contribution is 6.01. The highest BCUT2D eigenvalue weighted by atomic mass is 19.4. The monoisotopic (exact) mass is 601 g/mol. The van der Waals surface area contributed by atoms with Gasteiger partial charge >= 0.3 is 18.4 Å². The summed E-state index contributed by atoms with van der Waals surface area (Å²) in [6, 6.07) is -0.526. The van der Waals surface area contributed by atoms with Crippen LogP contribution in [0.3, 0.4) is 0 Å². The number of hydrogen-bond donors (Lipinski definition) is 1. The first-order valence-corrected chi connectivity index (χ1v) is 13.5. The maximum atomic E-state index is 13.6. The van der Waals surface area contributed by atoms with Crippen molar-refractivity contribution in [3.05, 3.63) is 29.3 Å². The standard InChI is InChI=1S/C27H29F6N5O4/c1-25(2,3)42-24(41)35-19(22(39)38-17(10-34)4-13-5-20(13)38)12-36-11-18-9-21(36)23(40)37(18)16-7-14(26(28,29)30)6-15(8-16)27(31,32)33/h6-8,13,17-21H,4-5,9,11-12H2,1-3H3,(H,35,41)/t13-,17?,18+,19?,20+,21?/m1/s1. The number of ether oxygens (including phenoxy) is 1. The summed E-state index contributed by atoms with van der Waals surface area (Å²) in [6.07, 6.45) is -9.66. The van der Waals surface area contributed by atoms with Crippen molar-refractivity contribution < 1.29 is 45.5 Å². The van der Waals surface area contributed by atoms with Crippen LogP contribution in [0, 0.1) is 17.2 Å². The molecule has 2 bridgehead atoms. The fourth-order valence-corrected chi connectivity index (χ4v) is 6.22. The van der Waals surface area contributed by atoms with E-state index in [2.05, 4.69) is 11.4 Å². The number of piperidine rings is 1. The Kier molecular flexibility index (Phi) is 7.15. The number of rotatable bonds is 5. The molecule has 3 saturated heterocycles. The Hall–Kier alpha value is -3.54. The third-order valence-electron chi connectivity index (χ3n) is 8.03. The molecule has 1 aliphatic carbocycles. The minimum absolute atomic E-state index is 0.00440. The minimum atomic E-state index is -5.07. The molecule has 0 aromatic heterocycles. The first-order valence-electron chi connectivity index (χ1n) is 13.5. The number of nitrogens with one attached hydrogen (secondary N) is 1. The molecule has 3 heterocycles. The van der Waals surface area contributed by atoms with Crippen molar-refractivity contribution in [1.82, 2.24) is 15.1 Å². The summed E-state index contributed by atoms with van der Waals surface area (Å²) in [4.78, 5) is 43.6. The van der Waals surface area contributed by atoms with Gasteiger partial charge in [-0.3, -0.25) is 14.5 Å². The summed E-state index contributed by atoms with van der Waals surface area (Å²) in [5.41, 5.74) is -4.44. The van der Waals surface area contributed by atoms with Gasteiger partial charge in [0.15, 0.2) is 0 Å². The number of alkyl carbamates (subject to hydrolysis) is 1. The number of piperazine rings is 1. The molecule has 1 saturated carbocycles. The number of benzene rings is 1. The largest absolute Gasteiger partial charge is 0.444 e. The van der Waals surface area contributed by atoms with E-state index in [4.69, 9.17) is 4.74 Å². The number of carbonyl (C=O) groups is 3. The number of halogens is 6. The Bertz CT molecular complexity index is 1300. The first-order chi connectivity index (χ1) is 19.4. The SMILES string of the molecule is CC(C)(C)OC(=O)NC(CN1C[C@@H]2CC1C(=O)N2c1cc(C(F)(F)F)cc(C(F)(F)F)c1)C(=O)N1C(C#N)C[C@@H]2C[C@@H]21. The Morgan fingerprint density at radius 3 is 2.19 bits per heavy atom. The van der Waals surface area contributed by atoms with E-state index in [0.717, 1.165) is 11.3 Å². The number of hydrogen-bond acceptors (Lipinski definition) is 6. The molecule has 1 aromatic rings. The van der Waals surface area contributed by atoms with Gasteiger partial charge in [0.1, 0.15) is 17.7 Å². The molecule has 0 radical (unpaired) electrons. The number of amides is 3. The zero-order chi connectivity index (χ0) is 30.9. The lowest BCUT2D eigenvalue weighted by atomic mass is 10.1. The lowest BCUT2D eigenvalue weighted by Crippen LogP contribution is -2.59. The maximum absolute atomic E-state index is 13.6. The number of nitrogens with zero attached hydrogens (tertiary/aromatic N) is 4. The van der Waals surface area contributed by atoms with Gasteiger partial charge in [0.2, 0.25) is 11.8 Å². The van der Waals surface area contributed by atoms with Gasteiger partial charge in [-0.15, -0.1) is 0 Å². The van der Waals surface area contributed by atoms with Gasteiger partial charge in [0.25, 0.3) is 0 Å². The molecular weight excluding hydrogens is 572 g/mol. The predicted octanol–water partition coefficient (Wildman–Crippen LogP) is 3.92. The topological polar surface area (TPSA) is 106 Å². The van der Waals surface area contributed by atoms with Crippen molar-refractivity contribution in [2.24, 2.45) is 5.92 Å². The van der Waals surface area contributed by atoms with Crippen LogP contribution in [-0.4, -0.2) is 76.6 Å². The second-order valence-electron chi connectivity index (χ2n) is 12.2. The molecule has 9 nitrogen and oxygen atoms in total. The fourth-order valence-electron chi connectivity index (χ4n) is 6.22. The van der Waals surface area contributed by atoms with Crippen LogP contribution in [-0.2, 0) is 26.7 Å². The van der Waals surface area contributed by atoms with Gasteiger partial charge in [-0.25, -0.2) is 4.79 Å². The van der Waals surface area contributed by atoms with Crippen molar-refractivity contribution in [2.75, 3.05) is 18.0 Å². The van der Waals surface area contributed by atoms with E-state index in [9.17, 15) is 46.0 Å². The predicted molar refractivity (Wildman–Crippen MR) is 134 cm³/mol. The zero-order valence-corrected chi connectivity index (χ0v) is 22.9. The van der Waals surface area contributed by atoms with E-state index in [1.54, 1.807) is 25.7 Å². The van der Waals surface area contributed by atoms with E-state index in [1.807, 2.05) is 0 Å². The molecule has 3 aliphatic heterocycles. The first kappa shape index (κ1) is 29.9. The molecule has 1 N–H and O–H groups in total. The summed E-state index contributed by atoms with van der Waals surface area (Å²) < 4.78 is 85.9. The Morgan fingerprint density at radius 1 is 1.05 bits per heavy atom. The van der Waals surface area contributed by atoms with Crippen LogP contribution in [0.15, 0.2) is 18.2 Å². The maximum Gasteiger partial charge on any atom is 0.416 e. The highest BCUT2D eigenvalue weighted by Crippen LogP contribution is 2.48. The van der Waals surface area contributed by atoms with Crippen LogP contribution in [0.1, 0.15) is 51.2 Å². The van der Waals surface area contributed by atoms with Crippen LogP contribution in [0.25, 0.3) is 0 Å². The van der Waals surface area contributed by atoms with Gasteiger partial charge in [0, 0.05) is 24.8 Å². The summed E-state index contributed by atoms with van der Waals surface area (Å²) in [7, 11) is 0. The fraction of sp³-hybridized carbons (Fsp3) is 0.630. The average Bonchev–Trinajstić information content (AvgIpc) is 3.18. The van der Waals surface area contributed by atoms with Gasteiger partial charge in [-0.1, -0.05) is 0 Å². The van der Waals surface area contributed by atoms with E-state index in [1.165, 1.54) is 4.90 Å². The second-order valence-corrected chi connectivity index (χ2v) is 12.2.